The molecule has 0 aromatic heterocycles. The lowest BCUT2D eigenvalue weighted by Gasteiger charge is -2.30. The number of nitrogens with zero attached hydrogens (tertiary/aromatic N) is 1. The Kier molecular flexibility index (Phi) is 39.6. The molecule has 56 heavy (non-hydrogen) atoms. The van der Waals surface area contributed by atoms with E-state index in [4.69, 9.17) is 9.05 Å². The highest BCUT2D eigenvalue weighted by Crippen LogP contribution is 2.38. The molecule has 0 aliphatic heterocycles. The summed E-state index contributed by atoms with van der Waals surface area (Å²) in [4.78, 5) is 25.3. The summed E-state index contributed by atoms with van der Waals surface area (Å²) in [6.45, 7) is 4.74. The number of phosphoric acid groups is 1. The van der Waals surface area contributed by atoms with Crippen LogP contribution in [0.1, 0.15) is 245 Å². The fraction of sp³-hybridized carbons (Fsp3) is 0.979. The van der Waals surface area contributed by atoms with Crippen molar-refractivity contribution < 1.29 is 32.9 Å². The molecule has 9 heteroatoms. The highest BCUT2D eigenvalue weighted by atomic mass is 31.2. The second-order valence-corrected chi connectivity index (χ2v) is 19.6. The topological polar surface area (TPSA) is 108 Å². The highest BCUT2D eigenvalue weighted by Gasteiger charge is 2.24. The van der Waals surface area contributed by atoms with Crippen LogP contribution >= 0.6 is 7.82 Å². The van der Waals surface area contributed by atoms with Gasteiger partial charge >= 0.3 is 0 Å². The van der Waals surface area contributed by atoms with E-state index in [1.54, 1.807) is 0 Å². The lowest BCUT2D eigenvalue weighted by molar-refractivity contribution is -0.870. The zero-order valence-corrected chi connectivity index (χ0v) is 39.0. The molecule has 0 fully saturated rings. The van der Waals surface area contributed by atoms with E-state index in [1.165, 1.54) is 180 Å². The van der Waals surface area contributed by atoms with Gasteiger partial charge in [-0.25, -0.2) is 0 Å². The minimum absolute atomic E-state index is 0.0160. The van der Waals surface area contributed by atoms with E-state index in [2.05, 4.69) is 19.2 Å². The number of phosphoric ester groups is 1. The first-order chi connectivity index (χ1) is 27.0. The molecule has 0 spiro atoms. The Bertz CT molecular complexity index is 885. The Balaban J connectivity index is 4.13. The van der Waals surface area contributed by atoms with Crippen molar-refractivity contribution in [1.29, 1.82) is 0 Å². The number of rotatable bonds is 45. The van der Waals surface area contributed by atoms with Gasteiger partial charge in [0, 0.05) is 6.42 Å². The fourth-order valence-corrected chi connectivity index (χ4v) is 8.18. The van der Waals surface area contributed by atoms with Crippen LogP contribution in [0.2, 0.25) is 0 Å². The molecule has 0 saturated heterocycles. The molecule has 2 N–H and O–H groups in total. The molecule has 0 heterocycles. The molecular formula is C47H97N2O6P. The van der Waals surface area contributed by atoms with Gasteiger partial charge in [0.2, 0.25) is 5.91 Å². The number of unbranched alkanes of at least 4 members (excludes halogenated alkanes) is 32. The SMILES string of the molecule is CCCCCCCCCCCCCCCCCCCCCCCCCC(=O)N[C@@H](COP(=O)([O-])OCC[N+](C)(C)C)[C@H](O)CCCCCCCCCCCCC. The van der Waals surface area contributed by atoms with E-state index < -0.39 is 20.0 Å². The maximum absolute atomic E-state index is 12.9. The summed E-state index contributed by atoms with van der Waals surface area (Å²) < 4.78 is 23.3. The summed E-state index contributed by atoms with van der Waals surface area (Å²) in [6.07, 6.45) is 44.0. The fourth-order valence-electron chi connectivity index (χ4n) is 7.45. The third-order valence-corrected chi connectivity index (χ3v) is 12.3. The number of carbonyl (C=O) groups is 1. The number of likely N-dealkylation sites (N-methyl/N-ethyl adjacent to an activating group) is 1. The van der Waals surface area contributed by atoms with Crippen LogP contribution in [0.25, 0.3) is 0 Å². The number of quaternary nitrogens is 1. The molecule has 8 nitrogen and oxygen atoms in total. The maximum atomic E-state index is 12.9. The van der Waals surface area contributed by atoms with Crippen LogP contribution in [0.3, 0.4) is 0 Å². The predicted molar refractivity (Wildman–Crippen MR) is 238 cm³/mol. The van der Waals surface area contributed by atoms with Crippen molar-refractivity contribution >= 4 is 13.7 Å². The molecule has 0 radical (unpaired) electrons. The Labute approximate surface area is 349 Å². The number of hydrogen-bond acceptors (Lipinski definition) is 6. The zero-order valence-electron chi connectivity index (χ0n) is 38.1. The second kappa shape index (κ2) is 39.9. The summed E-state index contributed by atoms with van der Waals surface area (Å²) in [5.41, 5.74) is 0. The summed E-state index contributed by atoms with van der Waals surface area (Å²) >= 11 is 0. The minimum Gasteiger partial charge on any atom is -0.756 e. The number of amides is 1. The Morgan fingerprint density at radius 2 is 0.875 bits per heavy atom. The van der Waals surface area contributed by atoms with Crippen LogP contribution in [-0.4, -0.2) is 68.5 Å². The molecule has 0 bridgehead atoms. The molecule has 1 unspecified atom stereocenters. The zero-order chi connectivity index (χ0) is 41.4. The molecule has 1 amide bonds. The number of hydrogen-bond donors (Lipinski definition) is 2. The summed E-state index contributed by atoms with van der Waals surface area (Å²) in [6, 6.07) is -0.792. The van der Waals surface area contributed by atoms with Gasteiger partial charge in [0.05, 0.1) is 39.9 Å². The van der Waals surface area contributed by atoms with Crippen molar-refractivity contribution in [3.05, 3.63) is 0 Å². The van der Waals surface area contributed by atoms with Crippen molar-refractivity contribution in [2.45, 2.75) is 257 Å². The van der Waals surface area contributed by atoms with Crippen LogP contribution in [0, 0.1) is 0 Å². The first kappa shape index (κ1) is 55.5. The first-order valence-corrected chi connectivity index (χ1v) is 25.8. The molecular weight excluding hydrogens is 719 g/mol. The van der Waals surface area contributed by atoms with E-state index in [-0.39, 0.29) is 19.1 Å². The van der Waals surface area contributed by atoms with Crippen LogP contribution in [0.15, 0.2) is 0 Å². The lowest BCUT2D eigenvalue weighted by atomic mass is 10.0. The minimum atomic E-state index is -4.56. The molecule has 0 aromatic carbocycles. The second-order valence-electron chi connectivity index (χ2n) is 18.2. The van der Waals surface area contributed by atoms with Crippen molar-refractivity contribution in [2.24, 2.45) is 0 Å². The van der Waals surface area contributed by atoms with Crippen LogP contribution in [0.5, 0.6) is 0 Å². The molecule has 0 aromatic rings. The molecule has 336 valence electrons. The van der Waals surface area contributed by atoms with E-state index in [1.807, 2.05) is 21.1 Å². The average Bonchev–Trinajstić information content (AvgIpc) is 3.15. The van der Waals surface area contributed by atoms with Crippen molar-refractivity contribution in [2.75, 3.05) is 40.9 Å². The van der Waals surface area contributed by atoms with Crippen molar-refractivity contribution in [3.63, 3.8) is 0 Å². The lowest BCUT2D eigenvalue weighted by Crippen LogP contribution is -2.46. The standard InChI is InChI=1S/C47H97N2O6P/c1-6-8-10-12-14-16-18-19-20-21-22-23-24-25-26-27-28-29-31-33-35-37-39-41-47(51)48-45(44-55-56(52,53)54-43-42-49(3,4)5)46(50)40-38-36-34-32-30-17-15-13-11-9-7-2/h45-46,50H,6-44H2,1-5H3,(H-,48,51,52,53)/t45-,46+/m0/s1. The van der Waals surface area contributed by atoms with Crippen LogP contribution in [-0.2, 0) is 18.4 Å². The number of aliphatic hydroxyl groups excluding tert-OH is 1. The molecule has 0 aliphatic rings. The van der Waals surface area contributed by atoms with Gasteiger partial charge in [0.15, 0.2) is 0 Å². The Morgan fingerprint density at radius 3 is 1.21 bits per heavy atom. The van der Waals surface area contributed by atoms with E-state index in [0.29, 0.717) is 23.9 Å². The Morgan fingerprint density at radius 1 is 0.554 bits per heavy atom. The first-order valence-electron chi connectivity index (χ1n) is 24.4. The van der Waals surface area contributed by atoms with Gasteiger partial charge < -0.3 is 28.8 Å². The summed E-state index contributed by atoms with van der Waals surface area (Å²) in [5.74, 6) is -0.160. The third-order valence-electron chi connectivity index (χ3n) is 11.3. The van der Waals surface area contributed by atoms with Crippen molar-refractivity contribution in [1.82, 2.24) is 5.32 Å². The molecule has 3 atom stereocenters. The summed E-state index contributed by atoms with van der Waals surface area (Å²) in [5, 5.41) is 13.9. The monoisotopic (exact) mass is 817 g/mol. The average molecular weight is 817 g/mol. The predicted octanol–water partition coefficient (Wildman–Crippen LogP) is 13.1. The van der Waals surface area contributed by atoms with Gasteiger partial charge in [-0.15, -0.1) is 0 Å². The maximum Gasteiger partial charge on any atom is 0.268 e. The molecule has 0 rings (SSSR count). The Hall–Kier alpha value is -0.500. The van der Waals surface area contributed by atoms with Crippen LogP contribution < -0.4 is 10.2 Å². The third kappa shape index (κ3) is 41.7. The van der Waals surface area contributed by atoms with Crippen molar-refractivity contribution in [3.8, 4) is 0 Å². The summed E-state index contributed by atoms with van der Waals surface area (Å²) in [7, 11) is 1.32. The van der Waals surface area contributed by atoms with Gasteiger partial charge in [0.25, 0.3) is 7.82 Å². The largest absolute Gasteiger partial charge is 0.756 e. The van der Waals surface area contributed by atoms with E-state index in [9.17, 15) is 19.4 Å². The number of nitrogens with one attached hydrogen (secondary N) is 1. The molecule has 0 saturated carbocycles. The van der Waals surface area contributed by atoms with Crippen LogP contribution in [0.4, 0.5) is 0 Å². The quantitative estimate of drug-likeness (QED) is 0.0360. The van der Waals surface area contributed by atoms with E-state index in [0.717, 1.165) is 38.5 Å². The number of aliphatic hydroxyl groups is 1. The molecule has 0 aliphatic carbocycles. The normalized spacial score (nSPS) is 14.2. The van der Waals surface area contributed by atoms with Gasteiger partial charge in [-0.05, 0) is 12.8 Å². The smallest absolute Gasteiger partial charge is 0.268 e. The van der Waals surface area contributed by atoms with Gasteiger partial charge in [-0.1, -0.05) is 226 Å². The van der Waals surface area contributed by atoms with Gasteiger partial charge in [-0.2, -0.15) is 0 Å². The van der Waals surface area contributed by atoms with Gasteiger partial charge in [0.1, 0.15) is 13.2 Å². The van der Waals surface area contributed by atoms with Gasteiger partial charge in [-0.3, -0.25) is 9.36 Å². The highest BCUT2D eigenvalue weighted by molar-refractivity contribution is 7.45. The number of carbonyl (C=O) groups excluding carboxylic acids is 1. The van der Waals surface area contributed by atoms with E-state index >= 15 is 0 Å².